The predicted octanol–water partition coefficient (Wildman–Crippen LogP) is 3.41. The first kappa shape index (κ1) is 19.5. The summed E-state index contributed by atoms with van der Waals surface area (Å²) in [6.07, 6.45) is 3.42. The van der Waals surface area contributed by atoms with Crippen LogP contribution in [0.3, 0.4) is 0 Å². The van der Waals surface area contributed by atoms with Crippen LogP contribution in [0.25, 0.3) is 11.0 Å². The van der Waals surface area contributed by atoms with Crippen LogP contribution in [-0.2, 0) is 21.2 Å². The Balaban J connectivity index is 1.49. The number of rotatable bonds is 6. The Morgan fingerprint density at radius 3 is 2.72 bits per heavy atom. The maximum Gasteiger partial charge on any atom is 0.243 e. The van der Waals surface area contributed by atoms with Gasteiger partial charge in [-0.25, -0.2) is 8.42 Å². The maximum atomic E-state index is 12.7. The number of hydrogen-bond acceptors (Lipinski definition) is 5. The number of benzene rings is 2. The summed E-state index contributed by atoms with van der Waals surface area (Å²) in [4.78, 5) is 12.7. The molecule has 0 atom stereocenters. The topological polar surface area (TPSA) is 88.8 Å². The van der Waals surface area contributed by atoms with Crippen molar-refractivity contribution in [2.75, 3.05) is 25.5 Å². The van der Waals surface area contributed by atoms with Crippen molar-refractivity contribution in [3.05, 3.63) is 54.3 Å². The molecule has 8 heteroatoms. The molecule has 0 spiro atoms. The fraction of sp³-hybridized carbons (Fsp3) is 0.286. The molecule has 1 N–H and O–H groups in total. The lowest BCUT2D eigenvalue weighted by Crippen LogP contribution is -2.28. The Bertz CT molecular complexity index is 1150. The van der Waals surface area contributed by atoms with Crippen LogP contribution in [0.5, 0.6) is 5.75 Å². The second-order valence-corrected chi connectivity index (χ2v) is 8.92. The maximum absolute atomic E-state index is 12.7. The van der Waals surface area contributed by atoms with Gasteiger partial charge in [0.2, 0.25) is 15.9 Å². The lowest BCUT2D eigenvalue weighted by Gasteiger charge is -2.16. The van der Waals surface area contributed by atoms with Crippen molar-refractivity contribution >= 4 is 32.6 Å². The fourth-order valence-electron chi connectivity index (χ4n) is 3.52. The third kappa shape index (κ3) is 3.99. The standard InChI is InChI=1S/C21H22N2O5S/c1-27-17-7-8-19-15(14-28-20(19)13-17)11-21(24)22-16-5-4-6-18(12-16)29(25,26)23-9-2-3-10-23/h4-8,12-14H,2-3,9-11H2,1H3,(H,22,24). The molecule has 152 valence electrons. The molecule has 1 fully saturated rings. The summed E-state index contributed by atoms with van der Waals surface area (Å²) in [6.45, 7) is 1.08. The third-order valence-corrected chi connectivity index (χ3v) is 6.93. The lowest BCUT2D eigenvalue weighted by molar-refractivity contribution is -0.115. The largest absolute Gasteiger partial charge is 0.497 e. The number of carbonyl (C=O) groups is 1. The van der Waals surface area contributed by atoms with Crippen LogP contribution in [0.2, 0.25) is 0 Å². The Hall–Kier alpha value is -2.84. The average Bonchev–Trinajstić information content (AvgIpc) is 3.39. The number of methoxy groups -OCH3 is 1. The minimum Gasteiger partial charge on any atom is -0.497 e. The summed E-state index contributed by atoms with van der Waals surface area (Å²) in [5.41, 5.74) is 1.84. The second kappa shape index (κ2) is 7.88. The molecule has 3 aromatic rings. The molecule has 1 amide bonds. The monoisotopic (exact) mass is 414 g/mol. The molecule has 2 aromatic carbocycles. The molecule has 1 saturated heterocycles. The van der Waals surface area contributed by atoms with Gasteiger partial charge in [-0.05, 0) is 43.2 Å². The molecule has 29 heavy (non-hydrogen) atoms. The van der Waals surface area contributed by atoms with E-state index in [1.54, 1.807) is 37.6 Å². The molecule has 0 bridgehead atoms. The van der Waals surface area contributed by atoms with E-state index in [1.807, 2.05) is 12.1 Å². The van der Waals surface area contributed by atoms with Crippen molar-refractivity contribution in [3.8, 4) is 5.75 Å². The first-order chi connectivity index (χ1) is 14.0. The quantitative estimate of drug-likeness (QED) is 0.668. The number of amides is 1. The number of ether oxygens (including phenoxy) is 1. The van der Waals surface area contributed by atoms with E-state index < -0.39 is 10.0 Å². The summed E-state index contributed by atoms with van der Waals surface area (Å²) < 4.78 is 37.6. The Kier molecular flexibility index (Phi) is 5.29. The van der Waals surface area contributed by atoms with Gasteiger partial charge in [0, 0.05) is 35.8 Å². The second-order valence-electron chi connectivity index (χ2n) is 6.99. The molecule has 0 radical (unpaired) electrons. The van der Waals surface area contributed by atoms with E-state index in [0.29, 0.717) is 30.1 Å². The van der Waals surface area contributed by atoms with Crippen LogP contribution < -0.4 is 10.1 Å². The Morgan fingerprint density at radius 2 is 1.97 bits per heavy atom. The van der Waals surface area contributed by atoms with E-state index >= 15 is 0 Å². The third-order valence-electron chi connectivity index (χ3n) is 5.03. The zero-order chi connectivity index (χ0) is 20.4. The van der Waals surface area contributed by atoms with Gasteiger partial charge >= 0.3 is 0 Å². The molecule has 2 heterocycles. The summed E-state index contributed by atoms with van der Waals surface area (Å²) in [6, 6.07) is 11.8. The van der Waals surface area contributed by atoms with Crippen LogP contribution in [0.15, 0.2) is 58.0 Å². The van der Waals surface area contributed by atoms with Gasteiger partial charge < -0.3 is 14.5 Å². The molecule has 1 aliphatic rings. The molecule has 0 unspecified atom stereocenters. The number of nitrogens with one attached hydrogen (secondary N) is 1. The predicted molar refractivity (Wildman–Crippen MR) is 110 cm³/mol. The minimum atomic E-state index is -3.53. The molecule has 4 rings (SSSR count). The van der Waals surface area contributed by atoms with Gasteiger partial charge in [0.25, 0.3) is 0 Å². The molecule has 1 aliphatic heterocycles. The van der Waals surface area contributed by atoms with E-state index in [9.17, 15) is 13.2 Å². The zero-order valence-corrected chi connectivity index (χ0v) is 16.9. The number of nitrogens with zero attached hydrogens (tertiary/aromatic N) is 1. The molecule has 0 aliphatic carbocycles. The molecule has 7 nitrogen and oxygen atoms in total. The van der Waals surface area contributed by atoms with E-state index in [0.717, 1.165) is 23.8 Å². The molecule has 0 saturated carbocycles. The van der Waals surface area contributed by atoms with E-state index in [2.05, 4.69) is 5.32 Å². The summed E-state index contributed by atoms with van der Waals surface area (Å²) in [7, 11) is -1.95. The first-order valence-corrected chi connectivity index (χ1v) is 10.9. The van der Waals surface area contributed by atoms with Crippen molar-refractivity contribution in [3.63, 3.8) is 0 Å². The first-order valence-electron chi connectivity index (χ1n) is 9.41. The number of sulfonamides is 1. The van der Waals surface area contributed by atoms with Crippen molar-refractivity contribution in [2.24, 2.45) is 0 Å². The van der Waals surface area contributed by atoms with Gasteiger partial charge in [-0.1, -0.05) is 6.07 Å². The zero-order valence-electron chi connectivity index (χ0n) is 16.1. The number of furan rings is 1. The van der Waals surface area contributed by atoms with Crippen LogP contribution in [-0.4, -0.2) is 38.8 Å². The summed E-state index contributed by atoms with van der Waals surface area (Å²) >= 11 is 0. The number of anilines is 1. The van der Waals surface area contributed by atoms with Crippen LogP contribution in [0, 0.1) is 0 Å². The van der Waals surface area contributed by atoms with Crippen molar-refractivity contribution < 1.29 is 22.4 Å². The average molecular weight is 414 g/mol. The molecular weight excluding hydrogens is 392 g/mol. The van der Waals surface area contributed by atoms with Crippen molar-refractivity contribution in [1.82, 2.24) is 4.31 Å². The minimum absolute atomic E-state index is 0.114. The summed E-state index contributed by atoms with van der Waals surface area (Å²) in [5, 5.41) is 3.62. The molecule has 1 aromatic heterocycles. The van der Waals surface area contributed by atoms with Crippen molar-refractivity contribution in [1.29, 1.82) is 0 Å². The van der Waals surface area contributed by atoms with E-state index in [1.165, 1.54) is 10.4 Å². The van der Waals surface area contributed by atoms with Crippen molar-refractivity contribution in [2.45, 2.75) is 24.2 Å². The normalized spacial score (nSPS) is 14.9. The van der Waals surface area contributed by atoms with Crippen LogP contribution in [0.1, 0.15) is 18.4 Å². The number of carbonyl (C=O) groups excluding carboxylic acids is 1. The van der Waals surface area contributed by atoms with Crippen LogP contribution in [0.4, 0.5) is 5.69 Å². The van der Waals surface area contributed by atoms with Gasteiger partial charge in [-0.15, -0.1) is 0 Å². The highest BCUT2D eigenvalue weighted by Crippen LogP contribution is 2.27. The lowest BCUT2D eigenvalue weighted by atomic mass is 10.1. The highest BCUT2D eigenvalue weighted by Gasteiger charge is 2.27. The smallest absolute Gasteiger partial charge is 0.243 e. The van der Waals surface area contributed by atoms with Gasteiger partial charge in [0.1, 0.15) is 11.3 Å². The van der Waals surface area contributed by atoms with Gasteiger partial charge in [0.05, 0.1) is 24.7 Å². The van der Waals surface area contributed by atoms with E-state index in [4.69, 9.17) is 9.15 Å². The number of hydrogen-bond donors (Lipinski definition) is 1. The van der Waals surface area contributed by atoms with Crippen LogP contribution >= 0.6 is 0 Å². The fourth-order valence-corrected chi connectivity index (χ4v) is 5.08. The molecular formula is C21H22N2O5S. The Morgan fingerprint density at radius 1 is 1.17 bits per heavy atom. The van der Waals surface area contributed by atoms with Gasteiger partial charge in [-0.3, -0.25) is 4.79 Å². The Labute approximate surface area is 169 Å². The SMILES string of the molecule is COc1ccc2c(CC(=O)Nc3cccc(S(=O)(=O)N4CCCC4)c3)coc2c1. The highest BCUT2D eigenvalue weighted by atomic mass is 32.2. The van der Waals surface area contributed by atoms with Gasteiger partial charge in [0.15, 0.2) is 0 Å². The van der Waals surface area contributed by atoms with Gasteiger partial charge in [-0.2, -0.15) is 4.31 Å². The highest BCUT2D eigenvalue weighted by molar-refractivity contribution is 7.89. The number of fused-ring (bicyclic) bond motifs is 1. The van der Waals surface area contributed by atoms with E-state index in [-0.39, 0.29) is 17.2 Å². The summed E-state index contributed by atoms with van der Waals surface area (Å²) in [5.74, 6) is 0.429.